The monoisotopic (exact) mass is 571 g/mol. The second-order valence-electron chi connectivity index (χ2n) is 9.52. The third-order valence-electron chi connectivity index (χ3n) is 6.67. The molecule has 0 fully saturated rings. The Balaban J connectivity index is 1.40. The summed E-state index contributed by atoms with van der Waals surface area (Å²) >= 11 is 0. The van der Waals surface area contributed by atoms with E-state index in [4.69, 9.17) is 14.2 Å². The zero-order valence-corrected chi connectivity index (χ0v) is 23.4. The Labute approximate surface area is 238 Å². The number of nitrogens with zero attached hydrogens (tertiary/aromatic N) is 1. The van der Waals surface area contributed by atoms with Crippen molar-refractivity contribution in [2.24, 2.45) is 0 Å². The summed E-state index contributed by atoms with van der Waals surface area (Å²) in [6, 6.07) is 26.7. The molecule has 0 aliphatic carbocycles. The number of methoxy groups -OCH3 is 1. The Morgan fingerprint density at radius 3 is 2.20 bits per heavy atom. The minimum Gasteiger partial charge on any atom is -0.493 e. The number of hydrogen-bond acceptors (Lipinski definition) is 6. The fourth-order valence-electron chi connectivity index (χ4n) is 4.55. The van der Waals surface area contributed by atoms with Crippen molar-refractivity contribution in [1.82, 2.24) is 3.97 Å². The fraction of sp³-hybridized carbons (Fsp3) is 0.156. The molecule has 9 heteroatoms. The lowest BCUT2D eigenvalue weighted by Crippen LogP contribution is -2.12. The van der Waals surface area contributed by atoms with Gasteiger partial charge in [0, 0.05) is 17.1 Å². The van der Waals surface area contributed by atoms with E-state index < -0.39 is 16.0 Å². The molecule has 8 nitrogen and oxygen atoms in total. The second kappa shape index (κ2) is 11.8. The van der Waals surface area contributed by atoms with Gasteiger partial charge < -0.3 is 19.3 Å². The molecule has 0 atom stereocenters. The quantitative estimate of drug-likeness (QED) is 0.208. The van der Waals surface area contributed by atoms with Gasteiger partial charge in [-0.2, -0.15) is 0 Å². The van der Waals surface area contributed by atoms with Crippen LogP contribution in [0.4, 0.5) is 0 Å². The Bertz CT molecular complexity index is 1790. The molecular weight excluding hydrogens is 542 g/mol. The van der Waals surface area contributed by atoms with E-state index in [1.54, 1.807) is 61.7 Å². The molecule has 210 valence electrons. The summed E-state index contributed by atoms with van der Waals surface area (Å²) < 4.78 is 45.4. The molecule has 1 aromatic heterocycles. The molecule has 0 aliphatic heterocycles. The maximum atomic E-state index is 13.4. The molecule has 1 heterocycles. The Hall–Kier alpha value is -4.76. The molecular formula is C32H29NO7S. The van der Waals surface area contributed by atoms with Gasteiger partial charge in [-0.25, -0.2) is 12.4 Å². The number of carboxylic acids is 1. The Morgan fingerprint density at radius 1 is 0.805 bits per heavy atom. The van der Waals surface area contributed by atoms with Crippen molar-refractivity contribution in [2.75, 3.05) is 7.11 Å². The molecule has 0 radical (unpaired) electrons. The normalized spacial score (nSPS) is 11.4. The molecule has 1 N–H and O–H groups in total. The average Bonchev–Trinajstić information content (AvgIpc) is 3.42. The van der Waals surface area contributed by atoms with Crippen molar-refractivity contribution in [3.05, 3.63) is 119 Å². The molecule has 0 spiro atoms. The third kappa shape index (κ3) is 6.05. The number of carboxylic acid groups (broad SMARTS) is 1. The topological polar surface area (TPSA) is 104 Å². The van der Waals surface area contributed by atoms with Crippen LogP contribution < -0.4 is 14.2 Å². The first-order valence-corrected chi connectivity index (χ1v) is 14.3. The Kier molecular flexibility index (Phi) is 7.98. The minimum atomic E-state index is -3.88. The summed E-state index contributed by atoms with van der Waals surface area (Å²) in [5.74, 6) is 0.428. The van der Waals surface area contributed by atoms with Crippen molar-refractivity contribution in [3.8, 4) is 17.2 Å². The van der Waals surface area contributed by atoms with Crippen LogP contribution in [0, 0.1) is 6.92 Å². The average molecular weight is 572 g/mol. The molecule has 0 amide bonds. The molecule has 0 aliphatic rings. The lowest BCUT2D eigenvalue weighted by molar-refractivity contribution is -0.136. The summed E-state index contributed by atoms with van der Waals surface area (Å²) in [6.07, 6.45) is 1.10. The number of fused-ring (bicyclic) bond motifs is 1. The number of aliphatic carboxylic acids is 1. The van der Waals surface area contributed by atoms with Crippen LogP contribution >= 0.6 is 0 Å². The molecule has 5 rings (SSSR count). The predicted molar refractivity (Wildman–Crippen MR) is 155 cm³/mol. The van der Waals surface area contributed by atoms with Crippen LogP contribution in [-0.2, 0) is 34.5 Å². The van der Waals surface area contributed by atoms with E-state index in [0.29, 0.717) is 40.3 Å². The van der Waals surface area contributed by atoms with Gasteiger partial charge in [0.1, 0.15) is 19.0 Å². The van der Waals surface area contributed by atoms with E-state index >= 15 is 0 Å². The summed E-state index contributed by atoms with van der Waals surface area (Å²) in [5, 5.41) is 10.1. The van der Waals surface area contributed by atoms with E-state index in [1.165, 1.54) is 10.2 Å². The highest BCUT2D eigenvalue weighted by molar-refractivity contribution is 7.90. The van der Waals surface area contributed by atoms with Gasteiger partial charge in [-0.15, -0.1) is 0 Å². The zero-order valence-electron chi connectivity index (χ0n) is 22.6. The van der Waals surface area contributed by atoms with Crippen molar-refractivity contribution in [3.63, 3.8) is 0 Å². The summed E-state index contributed by atoms with van der Waals surface area (Å²) in [4.78, 5) is 11.9. The molecule has 0 unspecified atom stereocenters. The van der Waals surface area contributed by atoms with Gasteiger partial charge in [0.05, 0.1) is 23.9 Å². The highest BCUT2D eigenvalue weighted by atomic mass is 32.2. The van der Waals surface area contributed by atoms with Crippen LogP contribution in [0.3, 0.4) is 0 Å². The minimum absolute atomic E-state index is 0.135. The number of carbonyl (C=O) groups is 1. The number of rotatable bonds is 11. The number of hydrogen-bond donors (Lipinski definition) is 1. The molecule has 4 aromatic carbocycles. The number of benzene rings is 4. The molecule has 0 bridgehead atoms. The SMILES string of the molecule is COc1cc(COc2ccc3c(ccn3S(=O)(=O)c3ccc(C)cc3)c2CC(=O)O)ccc1OCc1ccccc1. The number of ether oxygens (including phenoxy) is 3. The highest BCUT2D eigenvalue weighted by Crippen LogP contribution is 2.33. The number of aromatic nitrogens is 1. The highest BCUT2D eigenvalue weighted by Gasteiger charge is 2.22. The lowest BCUT2D eigenvalue weighted by Gasteiger charge is -2.15. The zero-order chi connectivity index (χ0) is 29.0. The van der Waals surface area contributed by atoms with Gasteiger partial charge in [0.15, 0.2) is 11.5 Å². The Morgan fingerprint density at radius 2 is 1.49 bits per heavy atom. The molecule has 41 heavy (non-hydrogen) atoms. The summed E-state index contributed by atoms with van der Waals surface area (Å²) in [5.41, 5.74) is 3.52. The maximum absolute atomic E-state index is 13.4. The van der Waals surface area contributed by atoms with Gasteiger partial charge in [-0.1, -0.05) is 54.1 Å². The van der Waals surface area contributed by atoms with Crippen molar-refractivity contribution in [1.29, 1.82) is 0 Å². The maximum Gasteiger partial charge on any atom is 0.307 e. The molecule has 5 aromatic rings. The van der Waals surface area contributed by atoms with Gasteiger partial charge in [-0.3, -0.25) is 4.79 Å². The first-order valence-electron chi connectivity index (χ1n) is 12.9. The first-order chi connectivity index (χ1) is 19.8. The van der Waals surface area contributed by atoms with E-state index in [1.807, 2.05) is 43.3 Å². The number of aryl methyl sites for hydroxylation is 1. The van der Waals surface area contributed by atoms with Crippen LogP contribution in [0.15, 0.2) is 102 Å². The van der Waals surface area contributed by atoms with Gasteiger partial charge >= 0.3 is 5.97 Å². The van der Waals surface area contributed by atoms with Crippen LogP contribution in [0.2, 0.25) is 0 Å². The van der Waals surface area contributed by atoms with Crippen molar-refractivity contribution < 1.29 is 32.5 Å². The van der Waals surface area contributed by atoms with E-state index in [0.717, 1.165) is 16.7 Å². The van der Waals surface area contributed by atoms with Crippen LogP contribution in [0.5, 0.6) is 17.2 Å². The third-order valence-corrected chi connectivity index (χ3v) is 8.37. The van der Waals surface area contributed by atoms with Crippen molar-refractivity contribution in [2.45, 2.75) is 31.5 Å². The largest absolute Gasteiger partial charge is 0.493 e. The van der Waals surface area contributed by atoms with Crippen molar-refractivity contribution >= 4 is 26.9 Å². The second-order valence-corrected chi connectivity index (χ2v) is 11.3. The van der Waals surface area contributed by atoms with E-state index in [2.05, 4.69) is 0 Å². The van der Waals surface area contributed by atoms with Crippen LogP contribution in [-0.4, -0.2) is 30.6 Å². The van der Waals surface area contributed by atoms with Gasteiger partial charge in [0.25, 0.3) is 10.0 Å². The molecule has 0 saturated carbocycles. The molecule has 0 saturated heterocycles. The lowest BCUT2D eigenvalue weighted by atomic mass is 10.1. The van der Waals surface area contributed by atoms with Gasteiger partial charge in [0.2, 0.25) is 0 Å². The van der Waals surface area contributed by atoms with Crippen LogP contribution in [0.25, 0.3) is 10.9 Å². The van der Waals surface area contributed by atoms with Crippen LogP contribution in [0.1, 0.15) is 22.3 Å². The first kappa shape index (κ1) is 27.8. The van der Waals surface area contributed by atoms with E-state index in [9.17, 15) is 18.3 Å². The summed E-state index contributed by atoms with van der Waals surface area (Å²) in [6.45, 7) is 2.41. The fourth-order valence-corrected chi connectivity index (χ4v) is 5.90. The van der Waals surface area contributed by atoms with Gasteiger partial charge in [-0.05, 0) is 60.5 Å². The summed E-state index contributed by atoms with van der Waals surface area (Å²) in [7, 11) is -2.33. The standard InChI is InChI=1S/C32H29NO7S/c1-22-8-11-25(12-9-22)41(36,37)33-17-16-26-27(19-32(34)35)29(15-13-28(26)33)39-21-24-10-14-30(31(18-24)38-2)40-20-23-6-4-3-5-7-23/h3-18H,19-21H2,1-2H3,(H,34,35). The van der Waals surface area contributed by atoms with E-state index in [-0.39, 0.29) is 17.9 Å². The smallest absolute Gasteiger partial charge is 0.307 e. The predicted octanol–water partition coefficient (Wildman–Crippen LogP) is 5.98.